The Morgan fingerprint density at radius 3 is 2.47 bits per heavy atom. The lowest BCUT2D eigenvalue weighted by atomic mass is 10.7. The van der Waals surface area contributed by atoms with Crippen LogP contribution in [0.15, 0.2) is 18.5 Å². The van der Waals surface area contributed by atoms with E-state index in [1.165, 1.54) is 9.36 Å². The van der Waals surface area contributed by atoms with E-state index in [-0.39, 0.29) is 5.28 Å². The third-order valence-corrected chi connectivity index (χ3v) is 2.53. The zero-order valence-corrected chi connectivity index (χ0v) is 10.9. The number of aromatic nitrogens is 8. The van der Waals surface area contributed by atoms with Crippen molar-refractivity contribution in [3.63, 3.8) is 0 Å². The summed E-state index contributed by atoms with van der Waals surface area (Å²) in [6, 6.07) is 1.77. The minimum atomic E-state index is 0.0723. The number of aryl methyl sites for hydroxylation is 2. The summed E-state index contributed by atoms with van der Waals surface area (Å²) in [6.07, 6.45) is 3.34. The predicted molar refractivity (Wildman–Crippen MR) is 66.4 cm³/mol. The summed E-state index contributed by atoms with van der Waals surface area (Å²) in [5.41, 5.74) is 0. The normalized spacial score (nSPS) is 10.9. The van der Waals surface area contributed by atoms with Crippen molar-refractivity contribution in [1.82, 2.24) is 39.5 Å². The fourth-order valence-electron chi connectivity index (χ4n) is 1.62. The first-order valence-corrected chi connectivity index (χ1v) is 5.83. The van der Waals surface area contributed by atoms with Gasteiger partial charge in [-0.15, -0.1) is 5.10 Å². The van der Waals surface area contributed by atoms with Gasteiger partial charge in [0, 0.05) is 12.4 Å². The van der Waals surface area contributed by atoms with Crippen molar-refractivity contribution in [2.75, 3.05) is 0 Å². The van der Waals surface area contributed by atoms with Gasteiger partial charge in [0.05, 0.1) is 0 Å². The summed E-state index contributed by atoms with van der Waals surface area (Å²) >= 11 is 5.91. The van der Waals surface area contributed by atoms with Crippen molar-refractivity contribution >= 4 is 11.6 Å². The molecular formula is C10H9ClN8. The first kappa shape index (κ1) is 11.7. The maximum atomic E-state index is 5.91. The number of hydrogen-bond acceptors (Lipinski definition) is 6. The van der Waals surface area contributed by atoms with E-state index < -0.39 is 0 Å². The summed E-state index contributed by atoms with van der Waals surface area (Å²) < 4.78 is 3.01. The molecule has 0 fully saturated rings. The van der Waals surface area contributed by atoms with Gasteiger partial charge < -0.3 is 0 Å². The van der Waals surface area contributed by atoms with Gasteiger partial charge in [0.15, 0.2) is 0 Å². The van der Waals surface area contributed by atoms with Gasteiger partial charge in [0.2, 0.25) is 5.28 Å². The van der Waals surface area contributed by atoms with Gasteiger partial charge in [-0.3, -0.25) is 0 Å². The van der Waals surface area contributed by atoms with Crippen molar-refractivity contribution in [2.45, 2.75) is 13.8 Å². The Kier molecular flexibility index (Phi) is 2.71. The summed E-state index contributed by atoms with van der Waals surface area (Å²) in [7, 11) is 0. The molecule has 0 aliphatic heterocycles. The average molecular weight is 277 g/mol. The molecular weight excluding hydrogens is 268 g/mol. The van der Waals surface area contributed by atoms with Crippen molar-refractivity contribution in [2.24, 2.45) is 0 Å². The molecule has 3 aromatic rings. The number of nitrogens with zero attached hydrogens (tertiary/aromatic N) is 8. The fraction of sp³-hybridized carbons (Fsp3) is 0.200. The summed E-state index contributed by atoms with van der Waals surface area (Å²) in [5, 5.41) is 8.33. The zero-order valence-electron chi connectivity index (χ0n) is 10.2. The molecule has 0 atom stereocenters. The predicted octanol–water partition coefficient (Wildman–Crippen LogP) is 0.908. The van der Waals surface area contributed by atoms with Crippen LogP contribution in [0.25, 0.3) is 11.9 Å². The molecule has 9 heteroatoms. The quantitative estimate of drug-likeness (QED) is 0.691. The lowest BCUT2D eigenvalue weighted by Crippen LogP contribution is -2.11. The number of hydrogen-bond donors (Lipinski definition) is 0. The summed E-state index contributed by atoms with van der Waals surface area (Å²) in [6.45, 7) is 3.60. The van der Waals surface area contributed by atoms with Gasteiger partial charge in [-0.25, -0.2) is 9.67 Å². The molecule has 3 heterocycles. The smallest absolute Gasteiger partial charge is 0.217 e. The van der Waals surface area contributed by atoms with E-state index in [0.29, 0.717) is 23.5 Å². The van der Waals surface area contributed by atoms with Crippen LogP contribution in [0.5, 0.6) is 0 Å². The van der Waals surface area contributed by atoms with E-state index in [0.717, 1.165) is 0 Å². The lowest BCUT2D eigenvalue weighted by molar-refractivity contribution is 0.727. The highest BCUT2D eigenvalue weighted by Gasteiger charge is 2.12. The van der Waals surface area contributed by atoms with E-state index >= 15 is 0 Å². The standard InChI is InChI=1S/C10H9ClN8/c1-6-13-7(2)19(17-6)10-15-8(11)14-9(16-10)18-5-3-4-12-18/h3-5H,1-2H3. The van der Waals surface area contributed by atoms with Gasteiger partial charge in [-0.2, -0.15) is 24.7 Å². The highest BCUT2D eigenvalue weighted by Crippen LogP contribution is 2.10. The molecule has 0 unspecified atom stereocenters. The maximum Gasteiger partial charge on any atom is 0.258 e. The molecule has 3 rings (SSSR count). The summed E-state index contributed by atoms with van der Waals surface area (Å²) in [5.74, 6) is 1.94. The first-order valence-electron chi connectivity index (χ1n) is 5.46. The van der Waals surface area contributed by atoms with Crippen molar-refractivity contribution in [1.29, 1.82) is 0 Å². The molecule has 96 valence electrons. The van der Waals surface area contributed by atoms with Gasteiger partial charge in [0.1, 0.15) is 11.6 Å². The molecule has 8 nitrogen and oxygen atoms in total. The Labute approximate surface area is 113 Å². The Balaban J connectivity index is 2.15. The number of rotatable bonds is 2. The third kappa shape index (κ3) is 2.17. The Hall–Kier alpha value is -2.35. The minimum Gasteiger partial charge on any atom is -0.217 e. The molecule has 0 aliphatic rings. The van der Waals surface area contributed by atoms with Crippen LogP contribution in [0.1, 0.15) is 11.6 Å². The maximum absolute atomic E-state index is 5.91. The second-order valence-electron chi connectivity index (χ2n) is 3.77. The van der Waals surface area contributed by atoms with E-state index in [9.17, 15) is 0 Å². The third-order valence-electron chi connectivity index (χ3n) is 2.36. The van der Waals surface area contributed by atoms with Crippen molar-refractivity contribution < 1.29 is 0 Å². The Morgan fingerprint density at radius 2 is 1.84 bits per heavy atom. The lowest BCUT2D eigenvalue weighted by Gasteiger charge is -2.04. The van der Waals surface area contributed by atoms with Crippen LogP contribution in [0.2, 0.25) is 5.28 Å². The summed E-state index contributed by atoms with van der Waals surface area (Å²) in [4.78, 5) is 16.5. The highest BCUT2D eigenvalue weighted by molar-refractivity contribution is 6.28. The molecule has 0 radical (unpaired) electrons. The van der Waals surface area contributed by atoms with Crippen LogP contribution in [-0.2, 0) is 0 Å². The molecule has 0 bridgehead atoms. The van der Waals surface area contributed by atoms with E-state index in [1.807, 2.05) is 6.92 Å². The van der Waals surface area contributed by atoms with E-state index in [4.69, 9.17) is 11.6 Å². The molecule has 0 N–H and O–H groups in total. The van der Waals surface area contributed by atoms with Crippen LogP contribution in [0.3, 0.4) is 0 Å². The first-order chi connectivity index (χ1) is 9.13. The SMILES string of the molecule is Cc1nc(C)n(-c2nc(Cl)nc(-n3cccn3)n2)n1. The van der Waals surface area contributed by atoms with Crippen LogP contribution in [-0.4, -0.2) is 39.5 Å². The van der Waals surface area contributed by atoms with Crippen molar-refractivity contribution in [3.8, 4) is 11.9 Å². The van der Waals surface area contributed by atoms with Gasteiger partial charge in [-0.05, 0) is 31.5 Å². The Bertz CT molecular complexity index is 717. The van der Waals surface area contributed by atoms with Gasteiger partial charge in [-0.1, -0.05) is 0 Å². The molecule has 0 spiro atoms. The van der Waals surface area contributed by atoms with Crippen LogP contribution < -0.4 is 0 Å². The van der Waals surface area contributed by atoms with Crippen molar-refractivity contribution in [3.05, 3.63) is 35.4 Å². The molecule has 0 saturated heterocycles. The molecule has 0 aliphatic carbocycles. The van der Waals surface area contributed by atoms with Gasteiger partial charge in [0.25, 0.3) is 11.9 Å². The molecule has 0 aromatic carbocycles. The topological polar surface area (TPSA) is 87.2 Å². The highest BCUT2D eigenvalue weighted by atomic mass is 35.5. The van der Waals surface area contributed by atoms with Gasteiger partial charge >= 0.3 is 0 Å². The molecule has 19 heavy (non-hydrogen) atoms. The zero-order chi connectivity index (χ0) is 13.4. The number of halogens is 1. The monoisotopic (exact) mass is 276 g/mol. The minimum absolute atomic E-state index is 0.0723. The molecule has 0 saturated carbocycles. The molecule has 0 amide bonds. The van der Waals surface area contributed by atoms with E-state index in [2.05, 4.69) is 30.1 Å². The average Bonchev–Trinajstić information content (AvgIpc) is 2.98. The van der Waals surface area contributed by atoms with E-state index in [1.54, 1.807) is 25.4 Å². The second kappa shape index (κ2) is 4.39. The Morgan fingerprint density at radius 1 is 1.05 bits per heavy atom. The van der Waals surface area contributed by atoms with Crippen LogP contribution >= 0.6 is 11.6 Å². The van der Waals surface area contributed by atoms with Crippen LogP contribution in [0, 0.1) is 13.8 Å². The van der Waals surface area contributed by atoms with Crippen LogP contribution in [0.4, 0.5) is 0 Å². The fourth-order valence-corrected chi connectivity index (χ4v) is 1.78. The molecule has 3 aromatic heterocycles. The second-order valence-corrected chi connectivity index (χ2v) is 4.11. The largest absolute Gasteiger partial charge is 0.258 e.